The van der Waals surface area contributed by atoms with Crippen LogP contribution in [-0.4, -0.2) is 47.5 Å². The molecule has 0 spiro atoms. The lowest BCUT2D eigenvalue weighted by Gasteiger charge is -2.35. The molecule has 2 N–H and O–H groups in total. The van der Waals surface area contributed by atoms with Crippen LogP contribution in [0, 0.1) is 11.8 Å². The van der Waals surface area contributed by atoms with Crippen molar-refractivity contribution in [1.82, 2.24) is 4.90 Å². The number of aliphatic hydroxyl groups excluding tert-OH is 2. The van der Waals surface area contributed by atoms with Crippen LogP contribution < -0.4 is 0 Å². The maximum absolute atomic E-state index is 12.0. The van der Waals surface area contributed by atoms with Crippen molar-refractivity contribution in [3.8, 4) is 0 Å². The topological polar surface area (TPSA) is 70.0 Å². The second-order valence-corrected chi connectivity index (χ2v) is 5.28. The third-order valence-corrected chi connectivity index (χ3v) is 3.60. The van der Waals surface area contributed by atoms with Crippen molar-refractivity contribution in [3.05, 3.63) is 35.9 Å². The number of carbonyl (C=O) groups is 1. The van der Waals surface area contributed by atoms with E-state index in [0.29, 0.717) is 13.1 Å². The summed E-state index contributed by atoms with van der Waals surface area (Å²) in [6.07, 6.45) is 0.362. The summed E-state index contributed by atoms with van der Waals surface area (Å²) in [4.78, 5) is 13.6. The maximum Gasteiger partial charge on any atom is 0.410 e. The van der Waals surface area contributed by atoms with Crippen LogP contribution in [0.5, 0.6) is 0 Å². The van der Waals surface area contributed by atoms with Gasteiger partial charge in [0.05, 0.1) is 0 Å². The number of amides is 1. The third-order valence-electron chi connectivity index (χ3n) is 3.60. The Balaban J connectivity index is 1.87. The van der Waals surface area contributed by atoms with Gasteiger partial charge in [-0.15, -0.1) is 0 Å². The van der Waals surface area contributed by atoms with Crippen LogP contribution in [-0.2, 0) is 11.3 Å². The highest BCUT2D eigenvalue weighted by atomic mass is 16.6. The first-order valence-electron chi connectivity index (χ1n) is 6.90. The van der Waals surface area contributed by atoms with Gasteiger partial charge in [0.25, 0.3) is 0 Å². The van der Waals surface area contributed by atoms with Crippen LogP contribution in [0.1, 0.15) is 12.0 Å². The lowest BCUT2D eigenvalue weighted by atomic mass is 9.90. The number of piperidine rings is 1. The van der Waals surface area contributed by atoms with Crippen LogP contribution in [0.15, 0.2) is 30.3 Å². The Kier molecular flexibility index (Phi) is 5.38. The SMILES string of the molecule is O=C(OCc1ccccc1)N1CC(CO)CC(CO)C1. The average Bonchev–Trinajstić information content (AvgIpc) is 2.52. The molecular formula is C15H21NO4. The molecule has 1 aliphatic rings. The van der Waals surface area contributed by atoms with E-state index in [1.165, 1.54) is 0 Å². The van der Waals surface area contributed by atoms with Gasteiger partial charge in [0.2, 0.25) is 0 Å². The van der Waals surface area contributed by atoms with E-state index in [-0.39, 0.29) is 37.7 Å². The van der Waals surface area contributed by atoms with Crippen LogP contribution in [0.4, 0.5) is 4.79 Å². The molecule has 0 bridgehead atoms. The molecule has 0 saturated carbocycles. The minimum Gasteiger partial charge on any atom is -0.445 e. The van der Waals surface area contributed by atoms with Crippen molar-refractivity contribution in [2.45, 2.75) is 13.0 Å². The van der Waals surface area contributed by atoms with Gasteiger partial charge in [0.1, 0.15) is 6.61 Å². The second kappa shape index (κ2) is 7.26. The summed E-state index contributed by atoms with van der Waals surface area (Å²) in [7, 11) is 0. The molecule has 20 heavy (non-hydrogen) atoms. The van der Waals surface area contributed by atoms with Gasteiger partial charge in [-0.1, -0.05) is 30.3 Å². The minimum atomic E-state index is -0.384. The molecular weight excluding hydrogens is 258 g/mol. The predicted molar refractivity (Wildman–Crippen MR) is 74.0 cm³/mol. The number of rotatable bonds is 4. The van der Waals surface area contributed by atoms with E-state index in [9.17, 15) is 15.0 Å². The summed E-state index contributed by atoms with van der Waals surface area (Å²) in [5.74, 6) is 0.0374. The summed E-state index contributed by atoms with van der Waals surface area (Å²) in [6.45, 7) is 1.27. The molecule has 1 aromatic rings. The lowest BCUT2D eigenvalue weighted by Crippen LogP contribution is -2.46. The molecule has 0 aromatic heterocycles. The number of hydrogen-bond acceptors (Lipinski definition) is 4. The van der Waals surface area contributed by atoms with Crippen molar-refractivity contribution < 1.29 is 19.7 Å². The standard InChI is InChI=1S/C15H21NO4/c17-9-13-6-14(10-18)8-16(7-13)15(19)20-11-12-4-2-1-3-5-12/h1-5,13-14,17-18H,6-11H2. The Labute approximate surface area is 118 Å². The van der Waals surface area contributed by atoms with Crippen molar-refractivity contribution in [3.63, 3.8) is 0 Å². The Hall–Kier alpha value is -1.59. The monoisotopic (exact) mass is 279 g/mol. The number of nitrogens with zero attached hydrogens (tertiary/aromatic N) is 1. The number of aliphatic hydroxyl groups is 2. The number of ether oxygens (including phenoxy) is 1. The van der Waals surface area contributed by atoms with E-state index >= 15 is 0 Å². The molecule has 1 aromatic carbocycles. The van der Waals surface area contributed by atoms with E-state index in [4.69, 9.17) is 4.74 Å². The summed E-state index contributed by atoms with van der Waals surface area (Å²) in [5, 5.41) is 18.5. The number of likely N-dealkylation sites (tertiary alicyclic amines) is 1. The van der Waals surface area contributed by atoms with Crippen molar-refractivity contribution >= 4 is 6.09 Å². The second-order valence-electron chi connectivity index (χ2n) is 5.28. The summed E-state index contributed by atoms with van der Waals surface area (Å²) < 4.78 is 5.28. The minimum absolute atomic E-state index is 0.0187. The Morgan fingerprint density at radius 3 is 2.30 bits per heavy atom. The highest BCUT2D eigenvalue weighted by Crippen LogP contribution is 2.22. The van der Waals surface area contributed by atoms with Gasteiger partial charge in [0.15, 0.2) is 0 Å². The molecule has 2 atom stereocenters. The van der Waals surface area contributed by atoms with Gasteiger partial charge in [-0.3, -0.25) is 0 Å². The van der Waals surface area contributed by atoms with Gasteiger partial charge in [-0.25, -0.2) is 4.79 Å². The first kappa shape index (κ1) is 14.8. The van der Waals surface area contributed by atoms with E-state index in [2.05, 4.69) is 0 Å². The molecule has 1 saturated heterocycles. The first-order chi connectivity index (χ1) is 9.72. The normalized spacial score (nSPS) is 22.6. The quantitative estimate of drug-likeness (QED) is 0.870. The fraction of sp³-hybridized carbons (Fsp3) is 0.533. The zero-order valence-electron chi connectivity index (χ0n) is 11.4. The average molecular weight is 279 g/mol. The zero-order valence-corrected chi connectivity index (χ0v) is 11.4. The molecule has 2 unspecified atom stereocenters. The Morgan fingerprint density at radius 1 is 1.15 bits per heavy atom. The van der Waals surface area contributed by atoms with Crippen LogP contribution in [0.2, 0.25) is 0 Å². The lowest BCUT2D eigenvalue weighted by molar-refractivity contribution is 0.0381. The molecule has 1 fully saturated rings. The molecule has 5 nitrogen and oxygen atoms in total. The van der Waals surface area contributed by atoms with Crippen molar-refractivity contribution in [2.24, 2.45) is 11.8 Å². The van der Waals surface area contributed by atoms with Gasteiger partial charge in [0, 0.05) is 38.1 Å². The molecule has 2 rings (SSSR count). The van der Waals surface area contributed by atoms with Crippen molar-refractivity contribution in [2.75, 3.05) is 26.3 Å². The van der Waals surface area contributed by atoms with E-state index < -0.39 is 0 Å². The maximum atomic E-state index is 12.0. The molecule has 5 heteroatoms. The molecule has 1 aliphatic heterocycles. The third kappa shape index (κ3) is 3.95. The van der Waals surface area contributed by atoms with Crippen LogP contribution in [0.25, 0.3) is 0 Å². The van der Waals surface area contributed by atoms with Gasteiger partial charge < -0.3 is 19.8 Å². The molecule has 0 radical (unpaired) electrons. The van der Waals surface area contributed by atoms with Gasteiger partial charge in [-0.2, -0.15) is 0 Å². The van der Waals surface area contributed by atoms with Crippen molar-refractivity contribution in [1.29, 1.82) is 0 Å². The summed E-state index contributed by atoms with van der Waals surface area (Å²) in [5.41, 5.74) is 0.940. The molecule has 110 valence electrons. The van der Waals surface area contributed by atoms with E-state index in [1.54, 1.807) is 4.90 Å². The van der Waals surface area contributed by atoms with Crippen LogP contribution >= 0.6 is 0 Å². The predicted octanol–water partition coefficient (Wildman–Crippen LogP) is 1.25. The highest BCUT2D eigenvalue weighted by molar-refractivity contribution is 5.67. The number of benzene rings is 1. The number of hydrogen-bond donors (Lipinski definition) is 2. The highest BCUT2D eigenvalue weighted by Gasteiger charge is 2.30. The summed E-state index contributed by atoms with van der Waals surface area (Å²) in [6, 6.07) is 9.50. The van der Waals surface area contributed by atoms with E-state index in [1.807, 2.05) is 30.3 Å². The van der Waals surface area contributed by atoms with Crippen LogP contribution in [0.3, 0.4) is 0 Å². The zero-order chi connectivity index (χ0) is 14.4. The molecule has 1 heterocycles. The largest absolute Gasteiger partial charge is 0.445 e. The summed E-state index contributed by atoms with van der Waals surface area (Å²) >= 11 is 0. The Bertz CT molecular complexity index is 411. The molecule has 0 aliphatic carbocycles. The van der Waals surface area contributed by atoms with E-state index in [0.717, 1.165) is 12.0 Å². The molecule has 1 amide bonds. The van der Waals surface area contributed by atoms with Gasteiger partial charge >= 0.3 is 6.09 Å². The first-order valence-corrected chi connectivity index (χ1v) is 6.90. The Morgan fingerprint density at radius 2 is 1.75 bits per heavy atom. The smallest absolute Gasteiger partial charge is 0.410 e. The number of carbonyl (C=O) groups excluding carboxylic acids is 1. The van der Waals surface area contributed by atoms with Gasteiger partial charge in [-0.05, 0) is 12.0 Å². The fourth-order valence-corrected chi connectivity index (χ4v) is 2.54. The fourth-order valence-electron chi connectivity index (χ4n) is 2.54.